The number of ketones is 1. The summed E-state index contributed by atoms with van der Waals surface area (Å²) in [4.78, 5) is 12.6. The van der Waals surface area contributed by atoms with Crippen molar-refractivity contribution in [3.8, 4) is 11.5 Å². The second kappa shape index (κ2) is 10.4. The highest BCUT2D eigenvalue weighted by molar-refractivity contribution is 5.99. The Balaban J connectivity index is 1.48. The molecule has 2 atom stereocenters. The van der Waals surface area contributed by atoms with Crippen LogP contribution in [0.5, 0.6) is 11.5 Å². The van der Waals surface area contributed by atoms with Crippen LogP contribution in [0.1, 0.15) is 82.0 Å². The summed E-state index contributed by atoms with van der Waals surface area (Å²) >= 11 is 0. The quantitative estimate of drug-likeness (QED) is 0.546. The molecule has 29 heavy (non-hydrogen) atoms. The Labute approximate surface area is 173 Å². The lowest BCUT2D eigenvalue weighted by Crippen LogP contribution is -2.34. The zero-order chi connectivity index (χ0) is 20.8. The highest BCUT2D eigenvalue weighted by Crippen LogP contribution is 2.38. The van der Waals surface area contributed by atoms with Gasteiger partial charge in [0.15, 0.2) is 17.3 Å². The molecule has 0 bridgehead atoms. The first-order valence-electron chi connectivity index (χ1n) is 11.3. The van der Waals surface area contributed by atoms with Gasteiger partial charge in [0.05, 0.1) is 24.9 Å². The molecule has 1 aromatic rings. The van der Waals surface area contributed by atoms with Crippen LogP contribution in [0.15, 0.2) is 12.1 Å². The fourth-order valence-electron chi connectivity index (χ4n) is 5.03. The van der Waals surface area contributed by atoms with Gasteiger partial charge in [0.25, 0.3) is 0 Å². The molecule has 5 heteroatoms. The van der Waals surface area contributed by atoms with Gasteiger partial charge in [-0.25, -0.2) is 0 Å². The fourth-order valence-corrected chi connectivity index (χ4v) is 5.03. The lowest BCUT2D eigenvalue weighted by atomic mass is 9.76. The lowest BCUT2D eigenvalue weighted by Gasteiger charge is -2.37. The van der Waals surface area contributed by atoms with Crippen LogP contribution in [-0.4, -0.2) is 30.2 Å². The predicted molar refractivity (Wildman–Crippen MR) is 111 cm³/mol. The summed E-state index contributed by atoms with van der Waals surface area (Å²) in [5.41, 5.74) is 0.0299. The largest absolute Gasteiger partial charge is 0.504 e. The normalized spacial score (nSPS) is 27.6. The Bertz CT molecular complexity index is 674. The molecule has 1 N–H and O–H groups in total. The van der Waals surface area contributed by atoms with Gasteiger partial charge in [-0.1, -0.05) is 32.6 Å². The molecule has 4 nitrogen and oxygen atoms in total. The first kappa shape index (κ1) is 22.1. The molecular formula is C24H35FO4. The summed E-state index contributed by atoms with van der Waals surface area (Å²) < 4.78 is 25.5. The molecule has 162 valence electrons. The molecule has 2 aliphatic rings. The number of carbonyl (C=O) groups excluding carboxylic acids is 1. The minimum Gasteiger partial charge on any atom is -0.504 e. The summed E-state index contributed by atoms with van der Waals surface area (Å²) in [5.74, 6) is -0.0630. The van der Waals surface area contributed by atoms with Crippen LogP contribution in [0.2, 0.25) is 0 Å². The van der Waals surface area contributed by atoms with Gasteiger partial charge in [-0.3, -0.25) is 4.79 Å². The van der Waals surface area contributed by atoms with Crippen molar-refractivity contribution in [1.29, 1.82) is 0 Å². The molecule has 3 rings (SSSR count). The number of hydrogen-bond donors (Lipinski definition) is 1. The third kappa shape index (κ3) is 5.50. The van der Waals surface area contributed by atoms with Crippen molar-refractivity contribution < 1.29 is 23.8 Å². The predicted octanol–water partition coefficient (Wildman–Crippen LogP) is 5.90. The second-order valence-corrected chi connectivity index (χ2v) is 8.72. The Morgan fingerprint density at radius 2 is 1.86 bits per heavy atom. The number of benzene rings is 1. The minimum absolute atomic E-state index is 0.0287. The van der Waals surface area contributed by atoms with Crippen molar-refractivity contribution in [2.45, 2.75) is 77.7 Å². The zero-order valence-electron chi connectivity index (χ0n) is 17.8. The molecule has 2 fully saturated rings. The van der Waals surface area contributed by atoms with Crippen molar-refractivity contribution in [1.82, 2.24) is 0 Å². The Morgan fingerprint density at radius 3 is 2.48 bits per heavy atom. The standard InChI is InChI=1S/C24H35FO4/c1-3-5-16-6-9-18(10-7-16)21-12-8-17(15-29-21)14-20(26)19-11-13-22(28-4-2)23(25)24(19)27/h11,13,16-18,21,27H,3-10,12,14-15H2,1-2H3. The van der Waals surface area contributed by atoms with E-state index in [4.69, 9.17) is 9.47 Å². The summed E-state index contributed by atoms with van der Waals surface area (Å²) in [5, 5.41) is 10.1. The number of ether oxygens (including phenoxy) is 2. The number of hydrogen-bond acceptors (Lipinski definition) is 4. The average molecular weight is 407 g/mol. The molecule has 1 saturated carbocycles. The van der Waals surface area contributed by atoms with Crippen molar-refractivity contribution in [2.75, 3.05) is 13.2 Å². The molecule has 2 unspecified atom stereocenters. The van der Waals surface area contributed by atoms with E-state index in [2.05, 4.69) is 6.92 Å². The maximum atomic E-state index is 14.2. The Morgan fingerprint density at radius 1 is 1.14 bits per heavy atom. The molecule has 0 radical (unpaired) electrons. The van der Waals surface area contributed by atoms with Gasteiger partial charge in [-0.2, -0.15) is 4.39 Å². The van der Waals surface area contributed by atoms with Crippen molar-refractivity contribution in [3.05, 3.63) is 23.5 Å². The maximum absolute atomic E-state index is 14.2. The van der Waals surface area contributed by atoms with E-state index >= 15 is 0 Å². The van der Waals surface area contributed by atoms with Gasteiger partial charge < -0.3 is 14.6 Å². The van der Waals surface area contributed by atoms with Gasteiger partial charge in [-0.05, 0) is 62.5 Å². The molecule has 1 aromatic carbocycles. The Kier molecular flexibility index (Phi) is 7.93. The number of phenolic OH excluding ortho intramolecular Hbond substituents is 1. The average Bonchev–Trinajstić information content (AvgIpc) is 2.73. The summed E-state index contributed by atoms with van der Waals surface area (Å²) in [6.07, 6.45) is 10.3. The molecule has 1 aliphatic heterocycles. The van der Waals surface area contributed by atoms with Crippen molar-refractivity contribution in [2.24, 2.45) is 17.8 Å². The van der Waals surface area contributed by atoms with E-state index in [1.54, 1.807) is 6.92 Å². The number of Topliss-reactive ketones (excluding diaryl/α,β-unsaturated/α-hetero) is 1. The van der Waals surface area contributed by atoms with E-state index in [0.29, 0.717) is 25.2 Å². The van der Waals surface area contributed by atoms with Gasteiger partial charge in [0.1, 0.15) is 0 Å². The Hall–Kier alpha value is -1.62. The van der Waals surface area contributed by atoms with Gasteiger partial charge >= 0.3 is 0 Å². The fraction of sp³-hybridized carbons (Fsp3) is 0.708. The molecule has 1 saturated heterocycles. The van der Waals surface area contributed by atoms with Crippen LogP contribution in [0.25, 0.3) is 0 Å². The van der Waals surface area contributed by atoms with Crippen LogP contribution in [0, 0.1) is 23.6 Å². The minimum atomic E-state index is -0.865. The summed E-state index contributed by atoms with van der Waals surface area (Å²) in [7, 11) is 0. The van der Waals surface area contributed by atoms with Crippen molar-refractivity contribution >= 4 is 5.78 Å². The molecule has 1 heterocycles. The third-order valence-electron chi connectivity index (χ3n) is 6.67. The first-order valence-corrected chi connectivity index (χ1v) is 11.3. The van der Waals surface area contributed by atoms with Gasteiger partial charge in [0.2, 0.25) is 5.82 Å². The lowest BCUT2D eigenvalue weighted by molar-refractivity contribution is -0.0580. The van der Waals surface area contributed by atoms with Gasteiger partial charge in [0, 0.05) is 6.42 Å². The second-order valence-electron chi connectivity index (χ2n) is 8.72. The summed E-state index contributed by atoms with van der Waals surface area (Å²) in [6.45, 7) is 4.87. The monoisotopic (exact) mass is 406 g/mol. The van der Waals surface area contributed by atoms with Crippen LogP contribution in [0.3, 0.4) is 0 Å². The molecular weight excluding hydrogens is 371 g/mol. The number of carbonyl (C=O) groups is 1. The van der Waals surface area contributed by atoms with E-state index in [1.807, 2.05) is 0 Å². The molecule has 0 amide bonds. The molecule has 1 aliphatic carbocycles. The maximum Gasteiger partial charge on any atom is 0.207 e. The topological polar surface area (TPSA) is 55.8 Å². The highest BCUT2D eigenvalue weighted by atomic mass is 19.1. The van der Waals surface area contributed by atoms with Crippen LogP contribution < -0.4 is 4.74 Å². The van der Waals surface area contributed by atoms with E-state index in [1.165, 1.54) is 50.7 Å². The van der Waals surface area contributed by atoms with Crippen molar-refractivity contribution in [3.63, 3.8) is 0 Å². The number of halogens is 1. The number of phenols is 1. The van der Waals surface area contributed by atoms with E-state index in [9.17, 15) is 14.3 Å². The van der Waals surface area contributed by atoms with E-state index < -0.39 is 11.6 Å². The number of aromatic hydroxyl groups is 1. The summed E-state index contributed by atoms with van der Waals surface area (Å²) in [6, 6.07) is 2.86. The number of rotatable bonds is 8. The third-order valence-corrected chi connectivity index (χ3v) is 6.67. The first-order chi connectivity index (χ1) is 14.0. The highest BCUT2D eigenvalue weighted by Gasteiger charge is 2.32. The van der Waals surface area contributed by atoms with Crippen LogP contribution in [-0.2, 0) is 4.74 Å². The van der Waals surface area contributed by atoms with Crippen LogP contribution >= 0.6 is 0 Å². The van der Waals surface area contributed by atoms with E-state index in [0.717, 1.165) is 18.8 Å². The van der Waals surface area contributed by atoms with Gasteiger partial charge in [-0.15, -0.1) is 0 Å². The molecule has 0 aromatic heterocycles. The van der Waals surface area contributed by atoms with E-state index in [-0.39, 0.29) is 29.4 Å². The van der Waals surface area contributed by atoms with Crippen LogP contribution in [0.4, 0.5) is 4.39 Å². The zero-order valence-corrected chi connectivity index (χ0v) is 17.8. The smallest absolute Gasteiger partial charge is 0.207 e. The SMILES string of the molecule is CCCC1CCC(C2CCC(CC(=O)c3ccc(OCC)c(F)c3O)CO2)CC1. The molecule has 0 spiro atoms.